The first-order valence-electron chi connectivity index (χ1n) is 8.25. The Morgan fingerprint density at radius 1 is 1.04 bits per heavy atom. The number of hydrogen-bond donors (Lipinski definition) is 0. The Hall–Kier alpha value is -3.36. The van der Waals surface area contributed by atoms with E-state index in [0.717, 1.165) is 13.7 Å². The van der Waals surface area contributed by atoms with Gasteiger partial charge in [0.1, 0.15) is 18.1 Å². The Kier molecular flexibility index (Phi) is 6.17. The first kappa shape index (κ1) is 20.0. The standard InChI is InChI=1S/C18H22N4O5/c1-5-9-20-16(24)21(10-6-2)18(26)22(17(20)25)12-15(23)19(4)11-14-8-7-13(3)27-14/h5-8H,1-2,9-12H2,3-4H3. The zero-order valence-electron chi connectivity index (χ0n) is 15.4. The highest BCUT2D eigenvalue weighted by Gasteiger charge is 2.19. The zero-order chi connectivity index (χ0) is 20.1. The predicted octanol–water partition coefficient (Wildman–Crippen LogP) is 0.104. The lowest BCUT2D eigenvalue weighted by atomic mass is 10.4. The minimum atomic E-state index is -0.860. The molecule has 2 rings (SSSR count). The van der Waals surface area contributed by atoms with Gasteiger partial charge in [-0.3, -0.25) is 4.79 Å². The van der Waals surface area contributed by atoms with Crippen molar-refractivity contribution in [2.24, 2.45) is 0 Å². The molecule has 0 saturated carbocycles. The van der Waals surface area contributed by atoms with Crippen molar-refractivity contribution in [3.8, 4) is 0 Å². The number of hydrogen-bond acceptors (Lipinski definition) is 5. The minimum Gasteiger partial charge on any atom is -0.464 e. The second-order valence-corrected chi connectivity index (χ2v) is 5.99. The maximum Gasteiger partial charge on any atom is 0.337 e. The van der Waals surface area contributed by atoms with Crippen LogP contribution in [-0.2, 0) is 31.0 Å². The number of likely N-dealkylation sites (N-methyl/N-ethyl adjacent to an activating group) is 1. The van der Waals surface area contributed by atoms with Crippen LogP contribution in [0.15, 0.2) is 56.2 Å². The van der Waals surface area contributed by atoms with Gasteiger partial charge in [0.2, 0.25) is 5.91 Å². The zero-order valence-corrected chi connectivity index (χ0v) is 15.4. The number of furan rings is 1. The molecule has 0 spiro atoms. The molecule has 0 bridgehead atoms. The third kappa shape index (κ3) is 4.25. The molecule has 0 atom stereocenters. The molecule has 0 aromatic carbocycles. The normalized spacial score (nSPS) is 10.6. The van der Waals surface area contributed by atoms with Gasteiger partial charge in [0.05, 0.1) is 19.6 Å². The topological polar surface area (TPSA) is 99.4 Å². The molecule has 0 fully saturated rings. The van der Waals surface area contributed by atoms with Gasteiger partial charge < -0.3 is 9.32 Å². The smallest absolute Gasteiger partial charge is 0.337 e. The van der Waals surface area contributed by atoms with Crippen molar-refractivity contribution in [1.29, 1.82) is 0 Å². The molecule has 9 nitrogen and oxygen atoms in total. The van der Waals surface area contributed by atoms with Crippen molar-refractivity contribution in [3.63, 3.8) is 0 Å². The van der Waals surface area contributed by atoms with Crippen molar-refractivity contribution in [2.75, 3.05) is 7.05 Å². The van der Waals surface area contributed by atoms with Crippen LogP contribution in [0.3, 0.4) is 0 Å². The molecule has 0 unspecified atom stereocenters. The lowest BCUT2D eigenvalue weighted by Gasteiger charge is -2.17. The molecule has 27 heavy (non-hydrogen) atoms. The quantitative estimate of drug-likeness (QED) is 0.611. The first-order chi connectivity index (χ1) is 12.8. The van der Waals surface area contributed by atoms with Gasteiger partial charge in [0.25, 0.3) is 0 Å². The van der Waals surface area contributed by atoms with E-state index in [4.69, 9.17) is 4.42 Å². The van der Waals surface area contributed by atoms with Crippen LogP contribution in [0.2, 0.25) is 0 Å². The third-order valence-corrected chi connectivity index (χ3v) is 3.92. The molecule has 2 aromatic heterocycles. The number of carbonyl (C=O) groups is 1. The fourth-order valence-electron chi connectivity index (χ4n) is 2.54. The fraction of sp³-hybridized carbons (Fsp3) is 0.333. The SMILES string of the molecule is C=CCn1c(=O)n(CC=C)c(=O)n(CC(=O)N(C)Cc2ccc(C)o2)c1=O. The van der Waals surface area contributed by atoms with Crippen LogP contribution < -0.4 is 17.1 Å². The number of aryl methyl sites for hydroxylation is 1. The Balaban J connectivity index is 2.39. The average Bonchev–Trinajstić information content (AvgIpc) is 3.03. The Labute approximate surface area is 155 Å². The molecule has 9 heteroatoms. The van der Waals surface area contributed by atoms with E-state index in [0.29, 0.717) is 11.5 Å². The van der Waals surface area contributed by atoms with E-state index in [2.05, 4.69) is 13.2 Å². The van der Waals surface area contributed by atoms with Crippen LogP contribution in [-0.4, -0.2) is 31.6 Å². The van der Waals surface area contributed by atoms with Crippen LogP contribution in [0.25, 0.3) is 0 Å². The molecule has 144 valence electrons. The second kappa shape index (κ2) is 8.35. The van der Waals surface area contributed by atoms with Gasteiger partial charge >= 0.3 is 17.1 Å². The number of amides is 1. The van der Waals surface area contributed by atoms with Gasteiger partial charge in [-0.15, -0.1) is 13.2 Å². The molecule has 0 saturated heterocycles. The molecule has 0 aliphatic carbocycles. The van der Waals surface area contributed by atoms with Gasteiger partial charge in [-0.25, -0.2) is 28.1 Å². The van der Waals surface area contributed by atoms with E-state index < -0.39 is 29.5 Å². The van der Waals surface area contributed by atoms with Crippen LogP contribution in [0.4, 0.5) is 0 Å². The lowest BCUT2D eigenvalue weighted by molar-refractivity contribution is -0.131. The highest BCUT2D eigenvalue weighted by atomic mass is 16.3. The lowest BCUT2D eigenvalue weighted by Crippen LogP contribution is -2.55. The van der Waals surface area contributed by atoms with Crippen molar-refractivity contribution in [3.05, 3.63) is 80.4 Å². The summed E-state index contributed by atoms with van der Waals surface area (Å²) in [5.41, 5.74) is -2.49. The number of carbonyl (C=O) groups excluding carboxylic acids is 1. The highest BCUT2D eigenvalue weighted by Crippen LogP contribution is 2.08. The Morgan fingerprint density at radius 3 is 2.00 bits per heavy atom. The van der Waals surface area contributed by atoms with Crippen molar-refractivity contribution >= 4 is 5.91 Å². The Morgan fingerprint density at radius 2 is 1.56 bits per heavy atom. The van der Waals surface area contributed by atoms with Crippen LogP contribution in [0.5, 0.6) is 0 Å². The summed E-state index contributed by atoms with van der Waals surface area (Å²) in [6, 6.07) is 3.52. The van der Waals surface area contributed by atoms with Crippen molar-refractivity contribution < 1.29 is 9.21 Å². The summed E-state index contributed by atoms with van der Waals surface area (Å²) in [6.45, 7) is 8.33. The Bertz CT molecular complexity index is 989. The summed E-state index contributed by atoms with van der Waals surface area (Å²) in [4.78, 5) is 51.2. The van der Waals surface area contributed by atoms with Gasteiger partial charge in [0, 0.05) is 7.05 Å². The van der Waals surface area contributed by atoms with Gasteiger partial charge in [-0.1, -0.05) is 12.2 Å². The summed E-state index contributed by atoms with van der Waals surface area (Å²) < 4.78 is 7.86. The van der Waals surface area contributed by atoms with Crippen LogP contribution in [0.1, 0.15) is 11.5 Å². The van der Waals surface area contributed by atoms with Gasteiger partial charge in [0.15, 0.2) is 0 Å². The first-order valence-corrected chi connectivity index (χ1v) is 8.25. The molecule has 0 radical (unpaired) electrons. The second-order valence-electron chi connectivity index (χ2n) is 5.99. The molecular formula is C18H22N4O5. The fourth-order valence-corrected chi connectivity index (χ4v) is 2.54. The number of nitrogens with zero attached hydrogens (tertiary/aromatic N) is 4. The molecule has 0 aliphatic rings. The van der Waals surface area contributed by atoms with Crippen molar-refractivity contribution in [2.45, 2.75) is 33.1 Å². The minimum absolute atomic E-state index is 0.0786. The predicted molar refractivity (Wildman–Crippen MR) is 99.5 cm³/mol. The molecule has 0 N–H and O–H groups in total. The summed E-state index contributed by atoms with van der Waals surface area (Å²) in [7, 11) is 1.53. The number of rotatable bonds is 8. The number of allylic oxidation sites excluding steroid dienone is 2. The highest BCUT2D eigenvalue weighted by molar-refractivity contribution is 5.75. The molecule has 2 heterocycles. The average molecular weight is 374 g/mol. The van der Waals surface area contributed by atoms with E-state index in [-0.39, 0.29) is 19.6 Å². The van der Waals surface area contributed by atoms with E-state index >= 15 is 0 Å². The monoisotopic (exact) mass is 374 g/mol. The van der Waals surface area contributed by atoms with E-state index in [1.54, 1.807) is 19.1 Å². The van der Waals surface area contributed by atoms with Crippen LogP contribution >= 0.6 is 0 Å². The largest absolute Gasteiger partial charge is 0.464 e. The molecule has 2 aromatic rings. The van der Waals surface area contributed by atoms with Crippen molar-refractivity contribution in [1.82, 2.24) is 18.6 Å². The molecule has 1 amide bonds. The maximum atomic E-state index is 12.5. The van der Waals surface area contributed by atoms with E-state index in [1.807, 2.05) is 0 Å². The molecular weight excluding hydrogens is 352 g/mol. The maximum absolute atomic E-state index is 12.5. The summed E-state index contributed by atoms with van der Waals surface area (Å²) >= 11 is 0. The summed E-state index contributed by atoms with van der Waals surface area (Å²) in [6.07, 6.45) is 2.73. The number of aromatic nitrogens is 3. The van der Waals surface area contributed by atoms with Gasteiger partial charge in [-0.05, 0) is 19.1 Å². The summed E-state index contributed by atoms with van der Waals surface area (Å²) in [5, 5.41) is 0. The van der Waals surface area contributed by atoms with Crippen LogP contribution in [0, 0.1) is 6.92 Å². The van der Waals surface area contributed by atoms with E-state index in [1.165, 1.54) is 24.1 Å². The van der Waals surface area contributed by atoms with Gasteiger partial charge in [-0.2, -0.15) is 0 Å². The molecule has 0 aliphatic heterocycles. The van der Waals surface area contributed by atoms with E-state index in [9.17, 15) is 19.2 Å². The summed E-state index contributed by atoms with van der Waals surface area (Å²) in [5.74, 6) is 0.819. The third-order valence-electron chi connectivity index (χ3n) is 3.92.